The molecule has 0 radical (unpaired) electrons. The van der Waals surface area contributed by atoms with Crippen molar-refractivity contribution in [1.29, 1.82) is 0 Å². The zero-order valence-electron chi connectivity index (χ0n) is 10.6. The average Bonchev–Trinajstić information content (AvgIpc) is 2.25. The summed E-state index contributed by atoms with van der Waals surface area (Å²) in [5, 5.41) is 10.1. The quantitative estimate of drug-likeness (QED) is 0.799. The molecule has 0 heterocycles. The SMILES string of the molecule is CCc1c(C)c(O)c(C)c(CC)c1CC. The van der Waals surface area contributed by atoms with Crippen molar-refractivity contribution in [3.63, 3.8) is 0 Å². The molecule has 1 heteroatoms. The van der Waals surface area contributed by atoms with Crippen molar-refractivity contribution in [2.24, 2.45) is 0 Å². The Morgan fingerprint density at radius 3 is 1.33 bits per heavy atom. The van der Waals surface area contributed by atoms with Crippen molar-refractivity contribution >= 4 is 0 Å². The summed E-state index contributed by atoms with van der Waals surface area (Å²) in [6, 6.07) is 0. The van der Waals surface area contributed by atoms with Gasteiger partial charge in [-0.25, -0.2) is 0 Å². The third kappa shape index (κ3) is 1.88. The van der Waals surface area contributed by atoms with Crippen LogP contribution in [-0.4, -0.2) is 5.11 Å². The van der Waals surface area contributed by atoms with E-state index < -0.39 is 0 Å². The Kier molecular flexibility index (Phi) is 3.78. The van der Waals surface area contributed by atoms with Crippen LogP contribution in [0.1, 0.15) is 48.6 Å². The van der Waals surface area contributed by atoms with E-state index in [0.717, 1.165) is 30.4 Å². The maximum Gasteiger partial charge on any atom is 0.121 e. The first-order chi connectivity index (χ1) is 7.08. The molecular formula is C14H22O. The minimum Gasteiger partial charge on any atom is -0.507 e. The molecule has 1 N–H and O–H groups in total. The maximum atomic E-state index is 10.1. The number of rotatable bonds is 3. The highest BCUT2D eigenvalue weighted by molar-refractivity contribution is 5.54. The largest absolute Gasteiger partial charge is 0.507 e. The van der Waals surface area contributed by atoms with Crippen molar-refractivity contribution < 1.29 is 5.11 Å². The molecule has 0 saturated carbocycles. The molecule has 0 aliphatic rings. The first-order valence-corrected chi connectivity index (χ1v) is 5.91. The van der Waals surface area contributed by atoms with Crippen LogP contribution < -0.4 is 0 Å². The third-order valence-electron chi connectivity index (χ3n) is 3.40. The summed E-state index contributed by atoms with van der Waals surface area (Å²) < 4.78 is 0. The van der Waals surface area contributed by atoms with Gasteiger partial charge in [0.05, 0.1) is 0 Å². The van der Waals surface area contributed by atoms with Crippen LogP contribution in [-0.2, 0) is 19.3 Å². The summed E-state index contributed by atoms with van der Waals surface area (Å²) in [5.74, 6) is 0.501. The monoisotopic (exact) mass is 206 g/mol. The van der Waals surface area contributed by atoms with Gasteiger partial charge in [-0.15, -0.1) is 0 Å². The normalized spacial score (nSPS) is 10.7. The Bertz CT molecular complexity index is 333. The highest BCUT2D eigenvalue weighted by Gasteiger charge is 2.15. The topological polar surface area (TPSA) is 20.2 Å². The minimum atomic E-state index is 0.501. The van der Waals surface area contributed by atoms with Gasteiger partial charge in [0.15, 0.2) is 0 Å². The maximum absolute atomic E-state index is 10.1. The lowest BCUT2D eigenvalue weighted by Crippen LogP contribution is -2.04. The highest BCUT2D eigenvalue weighted by atomic mass is 16.3. The second-order valence-corrected chi connectivity index (χ2v) is 4.09. The lowest BCUT2D eigenvalue weighted by Gasteiger charge is -2.19. The molecule has 0 amide bonds. The van der Waals surface area contributed by atoms with Crippen LogP contribution in [0.5, 0.6) is 5.75 Å². The van der Waals surface area contributed by atoms with Gasteiger partial charge in [-0.2, -0.15) is 0 Å². The van der Waals surface area contributed by atoms with Gasteiger partial charge in [0.2, 0.25) is 0 Å². The molecule has 1 aromatic rings. The molecule has 0 bridgehead atoms. The average molecular weight is 206 g/mol. The molecule has 0 fully saturated rings. The van der Waals surface area contributed by atoms with Gasteiger partial charge in [0.25, 0.3) is 0 Å². The Hall–Kier alpha value is -0.980. The van der Waals surface area contributed by atoms with Gasteiger partial charge >= 0.3 is 0 Å². The molecule has 0 aliphatic carbocycles. The van der Waals surface area contributed by atoms with Crippen LogP contribution in [0.15, 0.2) is 0 Å². The summed E-state index contributed by atoms with van der Waals surface area (Å²) in [5.41, 5.74) is 6.29. The fourth-order valence-electron chi connectivity index (χ4n) is 2.59. The fourth-order valence-corrected chi connectivity index (χ4v) is 2.59. The molecule has 0 aromatic heterocycles. The van der Waals surface area contributed by atoms with Crippen molar-refractivity contribution in [3.05, 3.63) is 27.8 Å². The number of hydrogen-bond donors (Lipinski definition) is 1. The van der Waals surface area contributed by atoms with E-state index in [1.165, 1.54) is 16.7 Å². The first-order valence-electron chi connectivity index (χ1n) is 5.91. The van der Waals surface area contributed by atoms with Crippen LogP contribution in [0.2, 0.25) is 0 Å². The molecular weight excluding hydrogens is 184 g/mol. The van der Waals surface area contributed by atoms with Crippen LogP contribution in [0.25, 0.3) is 0 Å². The summed E-state index contributed by atoms with van der Waals surface area (Å²) in [6.07, 6.45) is 3.08. The Morgan fingerprint density at radius 2 is 1.07 bits per heavy atom. The zero-order chi connectivity index (χ0) is 11.6. The van der Waals surface area contributed by atoms with Crippen LogP contribution >= 0.6 is 0 Å². The van der Waals surface area contributed by atoms with Crippen molar-refractivity contribution in [2.45, 2.75) is 53.9 Å². The molecule has 84 valence electrons. The lowest BCUT2D eigenvalue weighted by molar-refractivity contribution is 0.464. The zero-order valence-corrected chi connectivity index (χ0v) is 10.6. The van der Waals surface area contributed by atoms with Crippen molar-refractivity contribution in [2.75, 3.05) is 0 Å². The summed E-state index contributed by atoms with van der Waals surface area (Å²) in [6.45, 7) is 10.6. The van der Waals surface area contributed by atoms with Crippen LogP contribution in [0, 0.1) is 13.8 Å². The Morgan fingerprint density at radius 1 is 0.733 bits per heavy atom. The van der Waals surface area contributed by atoms with Gasteiger partial charge in [0.1, 0.15) is 5.75 Å². The number of phenolic OH excluding ortho intramolecular Hbond substituents is 1. The van der Waals surface area contributed by atoms with Crippen LogP contribution in [0.3, 0.4) is 0 Å². The number of benzene rings is 1. The lowest BCUT2D eigenvalue weighted by atomic mass is 9.88. The molecule has 0 unspecified atom stereocenters. The smallest absolute Gasteiger partial charge is 0.121 e. The highest BCUT2D eigenvalue weighted by Crippen LogP contribution is 2.33. The van der Waals surface area contributed by atoms with E-state index in [1.54, 1.807) is 0 Å². The van der Waals surface area contributed by atoms with Gasteiger partial charge < -0.3 is 5.11 Å². The van der Waals surface area contributed by atoms with Crippen LogP contribution in [0.4, 0.5) is 0 Å². The fraction of sp³-hybridized carbons (Fsp3) is 0.571. The Labute approximate surface area is 93.1 Å². The van der Waals surface area contributed by atoms with E-state index in [9.17, 15) is 5.11 Å². The predicted molar refractivity (Wildman–Crippen MR) is 65.7 cm³/mol. The van der Waals surface area contributed by atoms with Crippen molar-refractivity contribution in [3.8, 4) is 5.75 Å². The molecule has 1 rings (SSSR count). The molecule has 15 heavy (non-hydrogen) atoms. The van der Waals surface area contributed by atoms with Gasteiger partial charge in [-0.3, -0.25) is 0 Å². The van der Waals surface area contributed by atoms with E-state index in [1.807, 2.05) is 13.8 Å². The number of phenols is 1. The second kappa shape index (κ2) is 4.69. The molecule has 0 saturated heterocycles. The number of hydrogen-bond acceptors (Lipinski definition) is 1. The van der Waals surface area contributed by atoms with Gasteiger partial charge in [0, 0.05) is 0 Å². The molecule has 0 atom stereocenters. The third-order valence-corrected chi connectivity index (χ3v) is 3.40. The molecule has 1 aromatic carbocycles. The Balaban J connectivity index is 3.59. The molecule has 1 nitrogen and oxygen atoms in total. The predicted octanol–water partition coefficient (Wildman–Crippen LogP) is 3.70. The van der Waals surface area contributed by atoms with Gasteiger partial charge in [-0.05, 0) is 60.9 Å². The van der Waals surface area contributed by atoms with E-state index in [0.29, 0.717) is 5.75 Å². The van der Waals surface area contributed by atoms with Gasteiger partial charge in [-0.1, -0.05) is 20.8 Å². The second-order valence-electron chi connectivity index (χ2n) is 4.09. The van der Waals surface area contributed by atoms with E-state index in [2.05, 4.69) is 20.8 Å². The van der Waals surface area contributed by atoms with E-state index >= 15 is 0 Å². The van der Waals surface area contributed by atoms with E-state index in [-0.39, 0.29) is 0 Å². The molecule has 0 spiro atoms. The summed E-state index contributed by atoms with van der Waals surface area (Å²) in [7, 11) is 0. The number of aromatic hydroxyl groups is 1. The van der Waals surface area contributed by atoms with E-state index in [4.69, 9.17) is 0 Å². The minimum absolute atomic E-state index is 0.501. The van der Waals surface area contributed by atoms with Crippen molar-refractivity contribution in [1.82, 2.24) is 0 Å². The summed E-state index contributed by atoms with van der Waals surface area (Å²) >= 11 is 0. The first kappa shape index (κ1) is 12.1. The summed E-state index contributed by atoms with van der Waals surface area (Å²) in [4.78, 5) is 0. The molecule has 0 aliphatic heterocycles. The standard InChI is InChI=1S/C14H22O/c1-6-11-9(4)14(15)10(5)12(7-2)13(11)8-3/h15H,6-8H2,1-5H3.